The van der Waals surface area contributed by atoms with Gasteiger partial charge in [-0.25, -0.2) is 0 Å². The van der Waals surface area contributed by atoms with E-state index in [0.717, 1.165) is 32.8 Å². The molecular weight excluding hydrogens is 226 g/mol. The van der Waals surface area contributed by atoms with Crippen molar-refractivity contribution in [2.75, 3.05) is 46.6 Å². The summed E-state index contributed by atoms with van der Waals surface area (Å²) in [5, 5.41) is 0. The summed E-state index contributed by atoms with van der Waals surface area (Å²) in [5.74, 6) is 0. The molecule has 1 fully saturated rings. The molecule has 0 aliphatic carbocycles. The fraction of sp³-hybridized carbons (Fsp3) is 1.00. The second-order valence-electron chi connectivity index (χ2n) is 4.57. The minimum atomic E-state index is 0.883. The summed E-state index contributed by atoms with van der Waals surface area (Å²) in [7, 11) is 1.76. The minimum absolute atomic E-state index is 0.883. The van der Waals surface area contributed by atoms with E-state index in [9.17, 15) is 0 Å². The third-order valence-electron chi connectivity index (χ3n) is 3.14. The molecule has 3 heteroatoms. The predicted molar refractivity (Wildman–Crippen MR) is 78.2 cm³/mol. The van der Waals surface area contributed by atoms with Crippen molar-refractivity contribution in [3.63, 3.8) is 0 Å². The van der Waals surface area contributed by atoms with Crippen LogP contribution in [0.5, 0.6) is 0 Å². The molecule has 1 aliphatic rings. The Morgan fingerprint density at radius 1 is 0.833 bits per heavy atom. The largest absolute Gasteiger partial charge is 0.385 e. The van der Waals surface area contributed by atoms with Crippen LogP contribution in [0.25, 0.3) is 0 Å². The van der Waals surface area contributed by atoms with E-state index in [1.165, 1.54) is 45.2 Å². The van der Waals surface area contributed by atoms with Gasteiger partial charge >= 0.3 is 0 Å². The lowest BCUT2D eigenvalue weighted by atomic mass is 10.1. The average Bonchev–Trinajstić information content (AvgIpc) is 2.45. The van der Waals surface area contributed by atoms with Crippen LogP contribution < -0.4 is 0 Å². The number of hydrogen-bond acceptors (Lipinski definition) is 3. The number of ether oxygens (including phenoxy) is 2. The SMILES string of the molecule is CC.COCCCCCOCCN1CCCCC1. The van der Waals surface area contributed by atoms with Crippen molar-refractivity contribution in [2.24, 2.45) is 0 Å². The predicted octanol–water partition coefficient (Wildman–Crippen LogP) is 3.33. The van der Waals surface area contributed by atoms with Gasteiger partial charge in [0.15, 0.2) is 0 Å². The van der Waals surface area contributed by atoms with E-state index >= 15 is 0 Å². The van der Waals surface area contributed by atoms with Gasteiger partial charge in [0, 0.05) is 26.9 Å². The molecular formula is C15H33NO2. The molecule has 1 heterocycles. The molecule has 0 aromatic heterocycles. The van der Waals surface area contributed by atoms with Crippen LogP contribution in [0.1, 0.15) is 52.4 Å². The zero-order valence-corrected chi connectivity index (χ0v) is 12.7. The van der Waals surface area contributed by atoms with Crippen molar-refractivity contribution in [1.29, 1.82) is 0 Å². The highest BCUT2D eigenvalue weighted by Crippen LogP contribution is 2.07. The van der Waals surface area contributed by atoms with E-state index in [4.69, 9.17) is 9.47 Å². The average molecular weight is 259 g/mol. The van der Waals surface area contributed by atoms with Crippen LogP contribution in [-0.4, -0.2) is 51.5 Å². The lowest BCUT2D eigenvalue weighted by molar-refractivity contribution is 0.0924. The van der Waals surface area contributed by atoms with E-state index < -0.39 is 0 Å². The lowest BCUT2D eigenvalue weighted by Gasteiger charge is -2.26. The molecule has 18 heavy (non-hydrogen) atoms. The molecule has 0 aromatic rings. The standard InChI is InChI=1S/C13H27NO2.C2H6/c1-15-11-6-3-7-12-16-13-10-14-8-4-2-5-9-14;1-2/h2-13H2,1H3;1-2H3. The summed E-state index contributed by atoms with van der Waals surface area (Å²) in [6.45, 7) is 10.4. The third-order valence-corrected chi connectivity index (χ3v) is 3.14. The van der Waals surface area contributed by atoms with Crippen molar-refractivity contribution in [1.82, 2.24) is 4.90 Å². The van der Waals surface area contributed by atoms with E-state index in [1.54, 1.807) is 7.11 Å². The molecule has 0 saturated carbocycles. The Balaban J connectivity index is 0.00000137. The van der Waals surface area contributed by atoms with Gasteiger partial charge < -0.3 is 14.4 Å². The van der Waals surface area contributed by atoms with Crippen LogP contribution in [0, 0.1) is 0 Å². The topological polar surface area (TPSA) is 21.7 Å². The fourth-order valence-electron chi connectivity index (χ4n) is 2.11. The van der Waals surface area contributed by atoms with Crippen molar-refractivity contribution < 1.29 is 9.47 Å². The van der Waals surface area contributed by atoms with Gasteiger partial charge in [0.1, 0.15) is 0 Å². The Morgan fingerprint density at radius 3 is 2.17 bits per heavy atom. The molecule has 0 N–H and O–H groups in total. The number of piperidine rings is 1. The molecule has 1 aliphatic heterocycles. The van der Waals surface area contributed by atoms with Crippen LogP contribution in [0.15, 0.2) is 0 Å². The zero-order chi connectivity index (χ0) is 13.5. The summed E-state index contributed by atoms with van der Waals surface area (Å²) in [4.78, 5) is 2.52. The van der Waals surface area contributed by atoms with E-state index in [-0.39, 0.29) is 0 Å². The van der Waals surface area contributed by atoms with Gasteiger partial charge in [-0.15, -0.1) is 0 Å². The molecule has 3 nitrogen and oxygen atoms in total. The highest BCUT2D eigenvalue weighted by atomic mass is 16.5. The Hall–Kier alpha value is -0.120. The Morgan fingerprint density at radius 2 is 1.50 bits per heavy atom. The number of methoxy groups -OCH3 is 1. The maximum atomic E-state index is 5.63. The number of nitrogens with zero attached hydrogens (tertiary/aromatic N) is 1. The first kappa shape index (κ1) is 17.9. The summed E-state index contributed by atoms with van der Waals surface area (Å²) in [6, 6.07) is 0. The van der Waals surface area contributed by atoms with Gasteiger partial charge in [-0.2, -0.15) is 0 Å². The molecule has 0 spiro atoms. The van der Waals surface area contributed by atoms with Crippen molar-refractivity contribution >= 4 is 0 Å². The summed E-state index contributed by atoms with van der Waals surface area (Å²) in [6.07, 6.45) is 7.71. The Labute approximate surface area is 114 Å². The summed E-state index contributed by atoms with van der Waals surface area (Å²) < 4.78 is 10.6. The second kappa shape index (κ2) is 14.9. The lowest BCUT2D eigenvalue weighted by Crippen LogP contribution is -2.32. The molecule has 1 saturated heterocycles. The number of unbranched alkanes of at least 4 members (excludes halogenated alkanes) is 2. The fourth-order valence-corrected chi connectivity index (χ4v) is 2.11. The number of hydrogen-bond donors (Lipinski definition) is 0. The van der Waals surface area contributed by atoms with Crippen molar-refractivity contribution in [3.8, 4) is 0 Å². The Kier molecular flexibility index (Phi) is 14.8. The maximum absolute atomic E-state index is 5.63. The number of rotatable bonds is 9. The smallest absolute Gasteiger partial charge is 0.0593 e. The first-order valence-electron chi connectivity index (χ1n) is 7.72. The van der Waals surface area contributed by atoms with Crippen LogP contribution in [-0.2, 0) is 9.47 Å². The molecule has 0 bridgehead atoms. The van der Waals surface area contributed by atoms with E-state index in [0.29, 0.717) is 0 Å². The quantitative estimate of drug-likeness (QED) is 0.593. The maximum Gasteiger partial charge on any atom is 0.0593 e. The monoisotopic (exact) mass is 259 g/mol. The van der Waals surface area contributed by atoms with Crippen LogP contribution >= 0.6 is 0 Å². The minimum Gasteiger partial charge on any atom is -0.385 e. The van der Waals surface area contributed by atoms with Crippen LogP contribution in [0.3, 0.4) is 0 Å². The van der Waals surface area contributed by atoms with Gasteiger partial charge in [-0.3, -0.25) is 0 Å². The normalized spacial score (nSPS) is 16.2. The van der Waals surface area contributed by atoms with Crippen molar-refractivity contribution in [3.05, 3.63) is 0 Å². The van der Waals surface area contributed by atoms with Gasteiger partial charge in [0.25, 0.3) is 0 Å². The highest BCUT2D eigenvalue weighted by molar-refractivity contribution is 4.63. The molecule has 0 aromatic carbocycles. The first-order chi connectivity index (χ1) is 8.93. The van der Waals surface area contributed by atoms with Gasteiger partial charge in [-0.1, -0.05) is 20.3 Å². The van der Waals surface area contributed by atoms with Crippen LogP contribution in [0.4, 0.5) is 0 Å². The number of likely N-dealkylation sites (tertiary alicyclic amines) is 1. The van der Waals surface area contributed by atoms with Crippen LogP contribution in [0.2, 0.25) is 0 Å². The van der Waals surface area contributed by atoms with Gasteiger partial charge in [0.2, 0.25) is 0 Å². The molecule has 0 radical (unpaired) electrons. The second-order valence-corrected chi connectivity index (χ2v) is 4.57. The Bertz CT molecular complexity index is 147. The third kappa shape index (κ3) is 11.0. The van der Waals surface area contributed by atoms with Gasteiger partial charge in [0.05, 0.1) is 6.61 Å². The van der Waals surface area contributed by atoms with Crippen molar-refractivity contribution in [2.45, 2.75) is 52.4 Å². The van der Waals surface area contributed by atoms with E-state index in [2.05, 4.69) is 4.90 Å². The summed E-state index contributed by atoms with van der Waals surface area (Å²) >= 11 is 0. The zero-order valence-electron chi connectivity index (χ0n) is 12.7. The molecule has 0 atom stereocenters. The van der Waals surface area contributed by atoms with E-state index in [1.807, 2.05) is 13.8 Å². The molecule has 0 amide bonds. The summed E-state index contributed by atoms with van der Waals surface area (Å²) in [5.41, 5.74) is 0. The molecule has 1 rings (SSSR count). The molecule has 0 unspecified atom stereocenters. The van der Waals surface area contributed by atoms with Gasteiger partial charge in [-0.05, 0) is 45.2 Å². The first-order valence-corrected chi connectivity index (χ1v) is 7.72. The molecule has 110 valence electrons. The highest BCUT2D eigenvalue weighted by Gasteiger charge is 2.08.